The molecule has 7 nitrogen and oxygen atoms in total. The highest BCUT2D eigenvalue weighted by Gasteiger charge is 2.19. The third-order valence-corrected chi connectivity index (χ3v) is 7.29. The number of amides is 2. The quantitative estimate of drug-likeness (QED) is 0.386. The van der Waals surface area contributed by atoms with Gasteiger partial charge >= 0.3 is 0 Å². The maximum absolute atomic E-state index is 12.7. The zero-order valence-corrected chi connectivity index (χ0v) is 21.6. The van der Waals surface area contributed by atoms with Gasteiger partial charge in [-0.25, -0.2) is 4.98 Å². The molecule has 3 aromatic rings. The smallest absolute Gasteiger partial charge is 0.248 e. The van der Waals surface area contributed by atoms with Gasteiger partial charge in [-0.1, -0.05) is 67.0 Å². The number of anilines is 1. The molecule has 1 aromatic heterocycles. The summed E-state index contributed by atoms with van der Waals surface area (Å²) in [5.41, 5.74) is 3.02. The first kappa shape index (κ1) is 25.9. The lowest BCUT2D eigenvalue weighted by molar-refractivity contribution is -0.125. The summed E-state index contributed by atoms with van der Waals surface area (Å²) in [5, 5.41) is 6.07. The van der Waals surface area contributed by atoms with Crippen molar-refractivity contribution in [2.75, 3.05) is 12.4 Å². The Morgan fingerprint density at radius 1 is 1.08 bits per heavy atom. The van der Waals surface area contributed by atoms with Crippen molar-refractivity contribution in [1.82, 2.24) is 10.3 Å². The number of nitrogens with zero attached hydrogens (tertiary/aromatic N) is 1. The number of benzene rings is 2. The van der Waals surface area contributed by atoms with E-state index in [2.05, 4.69) is 27.8 Å². The van der Waals surface area contributed by atoms with E-state index in [1.807, 2.05) is 24.3 Å². The van der Waals surface area contributed by atoms with Gasteiger partial charge in [0.15, 0.2) is 5.13 Å². The van der Waals surface area contributed by atoms with Crippen LogP contribution in [0.2, 0.25) is 0 Å². The molecule has 1 fully saturated rings. The lowest BCUT2D eigenvalue weighted by Crippen LogP contribution is -2.42. The minimum Gasteiger partial charge on any atom is -0.497 e. The Hall–Kier alpha value is -3.23. The summed E-state index contributed by atoms with van der Waals surface area (Å²) in [4.78, 5) is 30.4. The number of nitrogens with one attached hydrogen (secondary N) is 2. The van der Waals surface area contributed by atoms with Crippen LogP contribution in [0.1, 0.15) is 50.2 Å². The van der Waals surface area contributed by atoms with Crippen molar-refractivity contribution in [3.05, 3.63) is 65.9 Å². The Morgan fingerprint density at radius 2 is 1.83 bits per heavy atom. The lowest BCUT2D eigenvalue weighted by atomic mass is 9.97. The molecular weight excluding hydrogens is 474 g/mol. The molecule has 190 valence electrons. The number of hydrogen-bond donors (Lipinski definition) is 2. The fraction of sp³-hybridized carbons (Fsp3) is 0.393. The number of aromatic nitrogens is 1. The molecule has 36 heavy (non-hydrogen) atoms. The molecule has 1 atom stereocenters. The molecule has 0 aliphatic heterocycles. The first-order chi connectivity index (χ1) is 17.5. The molecule has 4 rings (SSSR count). The fourth-order valence-electron chi connectivity index (χ4n) is 4.28. The van der Waals surface area contributed by atoms with Crippen LogP contribution in [0.3, 0.4) is 0 Å². The van der Waals surface area contributed by atoms with Gasteiger partial charge in [0.2, 0.25) is 11.8 Å². The van der Waals surface area contributed by atoms with E-state index < -0.39 is 6.04 Å². The van der Waals surface area contributed by atoms with Crippen LogP contribution in [0, 0.1) is 0 Å². The van der Waals surface area contributed by atoms with Crippen LogP contribution in [0.25, 0.3) is 10.4 Å². The Bertz CT molecular complexity index is 1160. The van der Waals surface area contributed by atoms with Gasteiger partial charge in [0.05, 0.1) is 31.1 Å². The van der Waals surface area contributed by atoms with Gasteiger partial charge in [0, 0.05) is 6.20 Å². The van der Waals surface area contributed by atoms with E-state index in [9.17, 15) is 9.59 Å². The predicted molar refractivity (Wildman–Crippen MR) is 142 cm³/mol. The summed E-state index contributed by atoms with van der Waals surface area (Å²) in [7, 11) is 1.60. The molecule has 1 aliphatic carbocycles. The van der Waals surface area contributed by atoms with Gasteiger partial charge < -0.3 is 20.1 Å². The highest BCUT2D eigenvalue weighted by molar-refractivity contribution is 7.19. The second-order valence-corrected chi connectivity index (χ2v) is 10.1. The zero-order chi connectivity index (χ0) is 25.3. The van der Waals surface area contributed by atoms with Crippen LogP contribution in [-0.4, -0.2) is 36.1 Å². The first-order valence-corrected chi connectivity index (χ1v) is 13.2. The van der Waals surface area contributed by atoms with Gasteiger partial charge in [-0.05, 0) is 48.6 Å². The molecule has 2 aromatic carbocycles. The highest BCUT2D eigenvalue weighted by atomic mass is 32.1. The predicted octanol–water partition coefficient (Wildman–Crippen LogP) is 5.35. The number of methoxy groups -OCH3 is 1. The summed E-state index contributed by atoms with van der Waals surface area (Å²) >= 11 is 1.41. The minimum absolute atomic E-state index is 0.183. The van der Waals surface area contributed by atoms with E-state index in [1.165, 1.54) is 30.6 Å². The molecule has 1 saturated carbocycles. The maximum atomic E-state index is 12.7. The monoisotopic (exact) mass is 507 g/mol. The Labute approximate surface area is 216 Å². The Kier molecular flexibility index (Phi) is 9.08. The van der Waals surface area contributed by atoms with E-state index in [0.717, 1.165) is 40.2 Å². The van der Waals surface area contributed by atoms with Crippen LogP contribution in [0.15, 0.2) is 54.7 Å². The van der Waals surface area contributed by atoms with E-state index in [0.29, 0.717) is 17.8 Å². The Morgan fingerprint density at radius 3 is 2.58 bits per heavy atom. The third kappa shape index (κ3) is 7.15. The van der Waals surface area contributed by atoms with Crippen molar-refractivity contribution in [3.63, 3.8) is 0 Å². The topological polar surface area (TPSA) is 89.5 Å². The standard InChI is InChI=1S/C28H33N3O4S/c1-19(30-26(32)16-20-12-14-22(34-2)15-13-20)27(33)31-28-29-17-25(36-28)24-11-7-6-8-21(24)18-35-23-9-4-3-5-10-23/h6-8,11-15,17,19,23H,3-5,9-10,16,18H2,1-2H3,(H,30,32)(H,29,31,33)/t19-/m0/s1. The average Bonchev–Trinajstić information content (AvgIpc) is 3.36. The summed E-state index contributed by atoms with van der Waals surface area (Å²) in [5.74, 6) is 0.191. The molecule has 1 heterocycles. The van der Waals surface area contributed by atoms with Crippen molar-refractivity contribution in [2.45, 2.75) is 64.2 Å². The van der Waals surface area contributed by atoms with Gasteiger partial charge in [0.25, 0.3) is 0 Å². The summed E-state index contributed by atoms with van der Waals surface area (Å²) in [6.45, 7) is 2.23. The second kappa shape index (κ2) is 12.6. The molecule has 0 unspecified atom stereocenters. The number of carbonyl (C=O) groups excluding carboxylic acids is 2. The number of hydrogen-bond acceptors (Lipinski definition) is 6. The Balaban J connectivity index is 1.31. The largest absolute Gasteiger partial charge is 0.497 e. The van der Waals surface area contributed by atoms with Crippen LogP contribution < -0.4 is 15.4 Å². The second-order valence-electron chi connectivity index (χ2n) is 9.06. The molecule has 0 saturated heterocycles. The van der Waals surface area contributed by atoms with Crippen LogP contribution in [0.4, 0.5) is 5.13 Å². The zero-order valence-electron chi connectivity index (χ0n) is 20.8. The maximum Gasteiger partial charge on any atom is 0.248 e. The summed E-state index contributed by atoms with van der Waals surface area (Å²) in [6.07, 6.45) is 8.34. The van der Waals surface area contributed by atoms with E-state index in [-0.39, 0.29) is 18.2 Å². The molecule has 2 N–H and O–H groups in total. The summed E-state index contributed by atoms with van der Waals surface area (Å²) < 4.78 is 11.3. The first-order valence-electron chi connectivity index (χ1n) is 12.4. The summed E-state index contributed by atoms with van der Waals surface area (Å²) in [6, 6.07) is 14.7. The van der Waals surface area contributed by atoms with Crippen LogP contribution in [0.5, 0.6) is 5.75 Å². The average molecular weight is 508 g/mol. The molecule has 8 heteroatoms. The van der Waals surface area contributed by atoms with Gasteiger partial charge in [-0.2, -0.15) is 0 Å². The molecule has 1 aliphatic rings. The van der Waals surface area contributed by atoms with Gasteiger partial charge in [0.1, 0.15) is 11.8 Å². The molecular formula is C28H33N3O4S. The highest BCUT2D eigenvalue weighted by Crippen LogP contribution is 2.32. The van der Waals surface area contributed by atoms with Crippen molar-refractivity contribution >= 4 is 28.3 Å². The number of rotatable bonds is 10. The SMILES string of the molecule is COc1ccc(CC(=O)N[C@@H](C)C(=O)Nc2ncc(-c3ccccc3COC3CCCCC3)s2)cc1. The third-order valence-electron chi connectivity index (χ3n) is 6.34. The lowest BCUT2D eigenvalue weighted by Gasteiger charge is -2.22. The molecule has 0 bridgehead atoms. The normalized spacial score (nSPS) is 14.7. The van der Waals surface area contributed by atoms with Gasteiger partial charge in [-0.3, -0.25) is 9.59 Å². The van der Waals surface area contributed by atoms with E-state index >= 15 is 0 Å². The van der Waals surface area contributed by atoms with Crippen molar-refractivity contribution in [3.8, 4) is 16.2 Å². The van der Waals surface area contributed by atoms with Gasteiger partial charge in [-0.15, -0.1) is 0 Å². The van der Waals surface area contributed by atoms with E-state index in [4.69, 9.17) is 9.47 Å². The number of carbonyl (C=O) groups is 2. The van der Waals surface area contributed by atoms with Crippen molar-refractivity contribution in [2.24, 2.45) is 0 Å². The van der Waals surface area contributed by atoms with Crippen LogP contribution >= 0.6 is 11.3 Å². The fourth-order valence-corrected chi connectivity index (χ4v) is 5.16. The van der Waals surface area contributed by atoms with Crippen molar-refractivity contribution in [1.29, 1.82) is 0 Å². The van der Waals surface area contributed by atoms with Crippen LogP contribution in [-0.2, 0) is 27.4 Å². The number of thiazole rings is 1. The molecule has 0 spiro atoms. The molecule has 0 radical (unpaired) electrons. The molecule has 2 amide bonds. The van der Waals surface area contributed by atoms with E-state index in [1.54, 1.807) is 32.4 Å². The van der Waals surface area contributed by atoms with Crippen molar-refractivity contribution < 1.29 is 19.1 Å². The number of ether oxygens (including phenoxy) is 2. The minimum atomic E-state index is -0.695.